The Morgan fingerprint density at radius 3 is 2.52 bits per heavy atom. The SMILES string of the molecule is Cc1cc(=O)c(C(=O)NCC(c2cccc(F)c2)N(C)C)nn1-c1ccccc1. The van der Waals surface area contributed by atoms with E-state index in [1.165, 1.54) is 18.2 Å². The minimum Gasteiger partial charge on any atom is -0.349 e. The van der Waals surface area contributed by atoms with E-state index >= 15 is 0 Å². The minimum absolute atomic E-state index is 0.184. The molecule has 1 unspecified atom stereocenters. The van der Waals surface area contributed by atoms with Gasteiger partial charge in [0.25, 0.3) is 5.91 Å². The molecule has 0 spiro atoms. The van der Waals surface area contributed by atoms with Crippen molar-refractivity contribution in [3.63, 3.8) is 0 Å². The Balaban J connectivity index is 1.84. The Hall–Kier alpha value is -3.32. The van der Waals surface area contributed by atoms with Crippen molar-refractivity contribution >= 4 is 5.91 Å². The molecule has 29 heavy (non-hydrogen) atoms. The molecule has 0 saturated carbocycles. The van der Waals surface area contributed by atoms with Gasteiger partial charge in [0.05, 0.1) is 11.7 Å². The second kappa shape index (κ2) is 8.79. The predicted molar refractivity (Wildman–Crippen MR) is 110 cm³/mol. The van der Waals surface area contributed by atoms with E-state index in [0.29, 0.717) is 5.69 Å². The number of amides is 1. The van der Waals surface area contributed by atoms with E-state index in [4.69, 9.17) is 0 Å². The van der Waals surface area contributed by atoms with Crippen LogP contribution in [0.25, 0.3) is 5.69 Å². The van der Waals surface area contributed by atoms with Crippen molar-refractivity contribution in [3.8, 4) is 5.69 Å². The fourth-order valence-electron chi connectivity index (χ4n) is 3.12. The van der Waals surface area contributed by atoms with E-state index in [9.17, 15) is 14.0 Å². The van der Waals surface area contributed by atoms with Crippen molar-refractivity contribution in [2.75, 3.05) is 20.6 Å². The number of aromatic nitrogens is 2. The highest BCUT2D eigenvalue weighted by molar-refractivity contribution is 5.92. The molecule has 0 fully saturated rings. The van der Waals surface area contributed by atoms with Crippen molar-refractivity contribution in [1.29, 1.82) is 0 Å². The lowest BCUT2D eigenvalue weighted by molar-refractivity contribution is 0.0934. The van der Waals surface area contributed by atoms with Gasteiger partial charge in [-0.2, -0.15) is 5.10 Å². The van der Waals surface area contributed by atoms with E-state index in [2.05, 4.69) is 10.4 Å². The summed E-state index contributed by atoms with van der Waals surface area (Å²) in [5, 5.41) is 7.03. The molecule has 150 valence electrons. The molecule has 1 atom stereocenters. The average molecular weight is 394 g/mol. The average Bonchev–Trinajstić information content (AvgIpc) is 2.68. The van der Waals surface area contributed by atoms with Crippen molar-refractivity contribution in [1.82, 2.24) is 20.0 Å². The zero-order chi connectivity index (χ0) is 21.0. The topological polar surface area (TPSA) is 67.2 Å². The van der Waals surface area contributed by atoms with Gasteiger partial charge < -0.3 is 10.2 Å². The molecule has 0 saturated heterocycles. The summed E-state index contributed by atoms with van der Waals surface area (Å²) >= 11 is 0. The fraction of sp³-hybridized carbons (Fsp3) is 0.227. The van der Waals surface area contributed by atoms with Gasteiger partial charge >= 0.3 is 0 Å². The molecular formula is C22H23FN4O2. The van der Waals surface area contributed by atoms with Gasteiger partial charge in [-0.1, -0.05) is 30.3 Å². The van der Waals surface area contributed by atoms with E-state index in [1.807, 2.05) is 49.3 Å². The van der Waals surface area contributed by atoms with Crippen LogP contribution in [-0.2, 0) is 0 Å². The summed E-state index contributed by atoms with van der Waals surface area (Å²) in [4.78, 5) is 26.9. The quantitative estimate of drug-likeness (QED) is 0.698. The predicted octanol–water partition coefficient (Wildman–Crippen LogP) is 2.71. The molecule has 1 heterocycles. The van der Waals surface area contributed by atoms with Gasteiger partial charge in [-0.25, -0.2) is 9.07 Å². The fourth-order valence-corrected chi connectivity index (χ4v) is 3.12. The van der Waals surface area contributed by atoms with Crippen LogP contribution in [0.4, 0.5) is 4.39 Å². The number of rotatable bonds is 6. The summed E-state index contributed by atoms with van der Waals surface area (Å²) in [6.07, 6.45) is 0. The molecule has 3 rings (SSSR count). The Kier molecular flexibility index (Phi) is 6.19. The van der Waals surface area contributed by atoms with Crippen molar-refractivity contribution in [2.45, 2.75) is 13.0 Å². The molecule has 1 N–H and O–H groups in total. The number of nitrogens with zero attached hydrogens (tertiary/aromatic N) is 3. The summed E-state index contributed by atoms with van der Waals surface area (Å²) in [5.41, 5.74) is 1.48. The van der Waals surface area contributed by atoms with Crippen LogP contribution in [-0.4, -0.2) is 41.2 Å². The summed E-state index contributed by atoms with van der Waals surface area (Å²) in [6, 6.07) is 16.7. The number of halogens is 1. The first-order chi connectivity index (χ1) is 13.9. The van der Waals surface area contributed by atoms with Gasteiger partial charge in [0, 0.05) is 18.3 Å². The molecule has 7 heteroatoms. The molecular weight excluding hydrogens is 371 g/mol. The summed E-state index contributed by atoms with van der Waals surface area (Å²) in [7, 11) is 3.68. The number of benzene rings is 2. The number of nitrogens with one attached hydrogen (secondary N) is 1. The minimum atomic E-state index is -0.567. The highest BCUT2D eigenvalue weighted by atomic mass is 19.1. The third kappa shape index (κ3) is 4.75. The number of hydrogen-bond donors (Lipinski definition) is 1. The van der Waals surface area contributed by atoms with Crippen molar-refractivity contribution in [3.05, 3.63) is 93.7 Å². The van der Waals surface area contributed by atoms with Gasteiger partial charge in [-0.3, -0.25) is 9.59 Å². The largest absolute Gasteiger partial charge is 0.349 e. The van der Waals surface area contributed by atoms with Crippen LogP contribution in [0.15, 0.2) is 65.5 Å². The van der Waals surface area contributed by atoms with Gasteiger partial charge in [0.15, 0.2) is 5.69 Å². The molecule has 0 radical (unpaired) electrons. The molecule has 1 amide bonds. The third-order valence-corrected chi connectivity index (χ3v) is 4.64. The Bertz CT molecular complexity index is 1060. The number of para-hydroxylation sites is 1. The zero-order valence-electron chi connectivity index (χ0n) is 16.6. The van der Waals surface area contributed by atoms with E-state index in [0.717, 1.165) is 11.3 Å². The maximum absolute atomic E-state index is 13.6. The Morgan fingerprint density at radius 2 is 1.86 bits per heavy atom. The van der Waals surface area contributed by atoms with Crippen LogP contribution in [0.1, 0.15) is 27.8 Å². The first-order valence-electron chi connectivity index (χ1n) is 9.23. The molecule has 1 aromatic heterocycles. The molecule has 2 aromatic carbocycles. The lowest BCUT2D eigenvalue weighted by Crippen LogP contribution is -2.37. The molecule has 0 bridgehead atoms. The molecule has 6 nitrogen and oxygen atoms in total. The lowest BCUT2D eigenvalue weighted by Gasteiger charge is -2.25. The van der Waals surface area contributed by atoms with Crippen LogP contribution in [0.3, 0.4) is 0 Å². The number of carbonyl (C=O) groups is 1. The summed E-state index contributed by atoms with van der Waals surface area (Å²) < 4.78 is 15.2. The number of aryl methyl sites for hydroxylation is 1. The standard InChI is InChI=1S/C22H23FN4O2/c1-15-12-20(28)21(25-27(15)18-10-5-4-6-11-18)22(29)24-14-19(26(2)3)16-8-7-9-17(23)13-16/h4-13,19H,14H2,1-3H3,(H,24,29). The number of likely N-dealkylation sites (N-methyl/N-ethyl adjacent to an activating group) is 1. The van der Waals surface area contributed by atoms with Gasteiger partial charge in [0.1, 0.15) is 5.82 Å². The first kappa shape index (κ1) is 20.4. The van der Waals surface area contributed by atoms with E-state index < -0.39 is 11.3 Å². The number of carbonyl (C=O) groups excluding carboxylic acids is 1. The van der Waals surface area contributed by atoms with Crippen LogP contribution >= 0.6 is 0 Å². The second-order valence-electron chi connectivity index (χ2n) is 6.99. The Morgan fingerprint density at radius 1 is 1.14 bits per heavy atom. The first-order valence-corrected chi connectivity index (χ1v) is 9.23. The molecule has 3 aromatic rings. The molecule has 0 aliphatic rings. The second-order valence-corrected chi connectivity index (χ2v) is 6.99. The van der Waals surface area contributed by atoms with Crippen molar-refractivity contribution < 1.29 is 9.18 Å². The molecule has 0 aliphatic heterocycles. The van der Waals surface area contributed by atoms with Gasteiger partial charge in [-0.05, 0) is 50.8 Å². The van der Waals surface area contributed by atoms with Crippen LogP contribution in [0, 0.1) is 12.7 Å². The van der Waals surface area contributed by atoms with Crippen molar-refractivity contribution in [2.24, 2.45) is 0 Å². The van der Waals surface area contributed by atoms with Crippen LogP contribution < -0.4 is 10.7 Å². The smallest absolute Gasteiger partial charge is 0.275 e. The monoisotopic (exact) mass is 394 g/mol. The van der Waals surface area contributed by atoms with Crippen LogP contribution in [0.5, 0.6) is 0 Å². The van der Waals surface area contributed by atoms with E-state index in [-0.39, 0.29) is 24.1 Å². The number of hydrogen-bond acceptors (Lipinski definition) is 4. The van der Waals surface area contributed by atoms with Gasteiger partial charge in [0.2, 0.25) is 5.43 Å². The lowest BCUT2D eigenvalue weighted by atomic mass is 10.1. The summed E-state index contributed by atoms with van der Waals surface area (Å²) in [6.45, 7) is 1.96. The van der Waals surface area contributed by atoms with Crippen LogP contribution in [0.2, 0.25) is 0 Å². The maximum atomic E-state index is 13.6. The highest BCUT2D eigenvalue weighted by Crippen LogP contribution is 2.18. The zero-order valence-corrected chi connectivity index (χ0v) is 16.6. The van der Waals surface area contributed by atoms with Gasteiger partial charge in [-0.15, -0.1) is 0 Å². The summed E-state index contributed by atoms with van der Waals surface area (Å²) in [5.74, 6) is -0.908. The maximum Gasteiger partial charge on any atom is 0.275 e. The normalized spacial score (nSPS) is 12.0. The Labute approximate surface area is 168 Å². The van der Waals surface area contributed by atoms with E-state index in [1.54, 1.807) is 23.7 Å². The third-order valence-electron chi connectivity index (χ3n) is 4.64. The molecule has 0 aliphatic carbocycles. The highest BCUT2D eigenvalue weighted by Gasteiger charge is 2.19.